The van der Waals surface area contributed by atoms with Crippen LogP contribution >= 0.6 is 11.6 Å². The van der Waals surface area contributed by atoms with Crippen molar-refractivity contribution in [3.8, 4) is 0 Å². The Bertz CT molecular complexity index is 722. The molecule has 22 heavy (non-hydrogen) atoms. The van der Waals surface area contributed by atoms with Crippen molar-refractivity contribution in [2.45, 2.75) is 12.3 Å². The summed E-state index contributed by atoms with van der Waals surface area (Å²) in [5.41, 5.74) is 2.25. The molecule has 2 aromatic carbocycles. The van der Waals surface area contributed by atoms with Crippen molar-refractivity contribution in [2.75, 3.05) is 11.6 Å². The van der Waals surface area contributed by atoms with Gasteiger partial charge in [0.15, 0.2) is 0 Å². The fraction of sp³-hybridized carbons (Fsp3) is 0.200. The van der Waals surface area contributed by atoms with Crippen LogP contribution in [0.1, 0.15) is 11.1 Å². The monoisotopic (exact) mass is 338 g/mol. The van der Waals surface area contributed by atoms with Crippen LogP contribution in [0.25, 0.3) is 0 Å². The summed E-state index contributed by atoms with van der Waals surface area (Å²) in [4.78, 5) is 10.6. The van der Waals surface area contributed by atoms with Crippen molar-refractivity contribution in [1.29, 1.82) is 0 Å². The molecule has 0 saturated carbocycles. The molecular formula is C15H15ClN2O3S. The van der Waals surface area contributed by atoms with Gasteiger partial charge < -0.3 is 5.32 Å². The van der Waals surface area contributed by atoms with Crippen LogP contribution < -0.4 is 5.32 Å². The van der Waals surface area contributed by atoms with E-state index < -0.39 is 15.7 Å². The number of benzene rings is 2. The van der Waals surface area contributed by atoms with Gasteiger partial charge in [-0.05, 0) is 23.8 Å². The Hall–Kier alpha value is -1.92. The van der Waals surface area contributed by atoms with Crippen molar-refractivity contribution in [2.24, 2.45) is 0 Å². The van der Waals surface area contributed by atoms with E-state index in [1.807, 2.05) is 6.07 Å². The Balaban J connectivity index is 2.15. The second kappa shape index (κ2) is 7.38. The molecule has 1 N–H and O–H groups in total. The first-order chi connectivity index (χ1) is 10.5. The maximum absolute atomic E-state index is 11.3. The number of hydrogen-bond donors (Lipinski definition) is 1. The van der Waals surface area contributed by atoms with E-state index in [2.05, 4.69) is 5.32 Å². The Morgan fingerprint density at radius 2 is 1.95 bits per heavy atom. The summed E-state index contributed by atoms with van der Waals surface area (Å²) in [6.45, 7) is 0.327. The first-order valence-corrected chi connectivity index (χ1v) is 8.62. The molecule has 0 aromatic heterocycles. The number of anilines is 1. The van der Waals surface area contributed by atoms with Gasteiger partial charge >= 0.3 is 0 Å². The summed E-state index contributed by atoms with van der Waals surface area (Å²) in [5.74, 6) is 0.375. The van der Waals surface area contributed by atoms with Gasteiger partial charge in [0.1, 0.15) is 0 Å². The SMILES string of the molecule is CS(=O)Cc1cc(NCc2ccccc2[N+](=O)[O-])ccc1Cl. The molecule has 1 unspecified atom stereocenters. The van der Waals surface area contributed by atoms with Gasteiger partial charge in [-0.1, -0.05) is 29.8 Å². The minimum atomic E-state index is -0.986. The van der Waals surface area contributed by atoms with Crippen LogP contribution in [0.5, 0.6) is 0 Å². The van der Waals surface area contributed by atoms with Gasteiger partial charge in [-0.25, -0.2) is 0 Å². The number of para-hydroxylation sites is 1. The van der Waals surface area contributed by atoms with E-state index in [9.17, 15) is 14.3 Å². The molecule has 0 saturated heterocycles. The third kappa shape index (κ3) is 4.29. The van der Waals surface area contributed by atoms with Crippen LogP contribution in [0.15, 0.2) is 42.5 Å². The Morgan fingerprint density at radius 3 is 2.64 bits per heavy atom. The highest BCUT2D eigenvalue weighted by molar-refractivity contribution is 7.83. The highest BCUT2D eigenvalue weighted by Crippen LogP contribution is 2.23. The summed E-state index contributed by atoms with van der Waals surface area (Å²) in [6, 6.07) is 11.9. The van der Waals surface area contributed by atoms with Crippen molar-refractivity contribution in [1.82, 2.24) is 0 Å². The zero-order chi connectivity index (χ0) is 16.1. The Morgan fingerprint density at radius 1 is 1.23 bits per heavy atom. The number of halogens is 1. The van der Waals surface area contributed by atoms with Crippen LogP contribution in [0.4, 0.5) is 11.4 Å². The molecule has 7 heteroatoms. The van der Waals surface area contributed by atoms with Gasteiger partial charge in [0.2, 0.25) is 0 Å². The van der Waals surface area contributed by atoms with E-state index >= 15 is 0 Å². The highest BCUT2D eigenvalue weighted by Gasteiger charge is 2.12. The smallest absolute Gasteiger partial charge is 0.274 e. The van der Waals surface area contributed by atoms with E-state index in [1.54, 1.807) is 36.6 Å². The molecule has 0 heterocycles. The second-order valence-electron chi connectivity index (χ2n) is 4.76. The van der Waals surface area contributed by atoms with Crippen LogP contribution in [0, 0.1) is 10.1 Å². The van der Waals surface area contributed by atoms with Gasteiger partial charge in [-0.2, -0.15) is 0 Å². The second-order valence-corrected chi connectivity index (χ2v) is 6.61. The maximum Gasteiger partial charge on any atom is 0.274 e. The van der Waals surface area contributed by atoms with Gasteiger partial charge in [0.05, 0.1) is 4.92 Å². The standard InChI is InChI=1S/C15H15ClN2O3S/c1-22(21)10-12-8-13(6-7-14(12)16)17-9-11-4-2-3-5-15(11)18(19)20/h2-8,17H,9-10H2,1H3. The molecule has 2 aromatic rings. The molecule has 5 nitrogen and oxygen atoms in total. The molecule has 1 atom stereocenters. The van der Waals surface area contributed by atoms with Crippen LogP contribution in [-0.2, 0) is 23.1 Å². The normalized spacial score (nSPS) is 11.9. The van der Waals surface area contributed by atoms with Crippen LogP contribution in [0.2, 0.25) is 5.02 Å². The largest absolute Gasteiger partial charge is 0.381 e. The van der Waals surface area contributed by atoms with Crippen molar-refractivity contribution < 1.29 is 9.13 Å². The highest BCUT2D eigenvalue weighted by atomic mass is 35.5. The molecule has 2 rings (SSSR count). The molecule has 0 fully saturated rings. The average molecular weight is 339 g/mol. The van der Waals surface area contributed by atoms with Gasteiger partial charge in [-0.3, -0.25) is 14.3 Å². The Kier molecular flexibility index (Phi) is 5.51. The molecule has 0 spiro atoms. The molecule has 0 radical (unpaired) electrons. The third-order valence-electron chi connectivity index (χ3n) is 3.08. The number of nitrogens with one attached hydrogen (secondary N) is 1. The lowest BCUT2D eigenvalue weighted by Crippen LogP contribution is -2.03. The van der Waals surface area contributed by atoms with Gasteiger partial charge in [0, 0.05) is 51.7 Å². The first-order valence-electron chi connectivity index (χ1n) is 6.52. The van der Waals surface area contributed by atoms with Crippen molar-refractivity contribution in [3.63, 3.8) is 0 Å². The fourth-order valence-corrected chi connectivity index (χ4v) is 2.99. The molecule has 0 aliphatic heterocycles. The number of nitrogens with zero attached hydrogens (tertiary/aromatic N) is 1. The summed E-state index contributed by atoms with van der Waals surface area (Å²) in [7, 11) is -0.986. The predicted molar refractivity (Wildman–Crippen MR) is 89.6 cm³/mol. The first kappa shape index (κ1) is 16.5. The van der Waals surface area contributed by atoms with Crippen LogP contribution in [0.3, 0.4) is 0 Å². The minimum Gasteiger partial charge on any atom is -0.381 e. The van der Waals surface area contributed by atoms with Crippen molar-refractivity contribution >= 4 is 33.8 Å². The lowest BCUT2D eigenvalue weighted by Gasteiger charge is -2.10. The number of hydrogen-bond acceptors (Lipinski definition) is 4. The molecule has 0 aliphatic rings. The summed E-state index contributed by atoms with van der Waals surface area (Å²) >= 11 is 6.07. The fourth-order valence-electron chi connectivity index (χ4n) is 2.05. The summed E-state index contributed by atoms with van der Waals surface area (Å²) in [5, 5.41) is 14.7. The number of rotatable bonds is 6. The molecule has 0 amide bonds. The lowest BCUT2D eigenvalue weighted by atomic mass is 10.1. The summed E-state index contributed by atoms with van der Waals surface area (Å²) < 4.78 is 11.3. The quantitative estimate of drug-likeness (QED) is 0.643. The maximum atomic E-state index is 11.3. The molecule has 116 valence electrons. The van der Waals surface area contributed by atoms with Crippen LogP contribution in [-0.4, -0.2) is 15.4 Å². The van der Waals surface area contributed by atoms with Gasteiger partial charge in [-0.15, -0.1) is 0 Å². The minimum absolute atomic E-state index is 0.0823. The summed E-state index contributed by atoms with van der Waals surface area (Å²) in [6.07, 6.45) is 1.61. The Labute approximate surface area is 135 Å². The zero-order valence-electron chi connectivity index (χ0n) is 11.9. The lowest BCUT2D eigenvalue weighted by molar-refractivity contribution is -0.385. The molecule has 0 bridgehead atoms. The van der Waals surface area contributed by atoms with Crippen molar-refractivity contribution in [3.05, 3.63) is 68.7 Å². The zero-order valence-corrected chi connectivity index (χ0v) is 13.5. The predicted octanol–water partition coefficient (Wildman–Crippen LogP) is 3.74. The number of nitro groups is 1. The topological polar surface area (TPSA) is 72.2 Å². The van der Waals surface area contributed by atoms with E-state index in [1.165, 1.54) is 6.07 Å². The van der Waals surface area contributed by atoms with E-state index in [0.717, 1.165) is 11.3 Å². The van der Waals surface area contributed by atoms with E-state index in [-0.39, 0.29) is 5.69 Å². The van der Waals surface area contributed by atoms with E-state index in [4.69, 9.17) is 11.6 Å². The average Bonchev–Trinajstić information content (AvgIpc) is 2.47. The number of nitro benzene ring substituents is 1. The third-order valence-corrected chi connectivity index (χ3v) is 4.16. The molecular weight excluding hydrogens is 324 g/mol. The van der Waals surface area contributed by atoms with Gasteiger partial charge in [0.25, 0.3) is 5.69 Å². The van der Waals surface area contributed by atoms with E-state index in [0.29, 0.717) is 22.9 Å². The molecule has 0 aliphatic carbocycles.